The van der Waals surface area contributed by atoms with E-state index < -0.39 is 0 Å². The van der Waals surface area contributed by atoms with Gasteiger partial charge in [-0.25, -0.2) is 0 Å². The normalized spacial score (nSPS) is 22.7. The molecule has 0 aromatic heterocycles. The van der Waals surface area contributed by atoms with Crippen LogP contribution in [-0.2, 0) is 10.2 Å². The van der Waals surface area contributed by atoms with Gasteiger partial charge in [0.15, 0.2) is 0 Å². The summed E-state index contributed by atoms with van der Waals surface area (Å²) in [7, 11) is 0. The van der Waals surface area contributed by atoms with Crippen LogP contribution < -0.4 is 4.90 Å². The highest BCUT2D eigenvalue weighted by atomic mass is 32.2. The maximum absolute atomic E-state index is 13.3. The van der Waals surface area contributed by atoms with Crippen molar-refractivity contribution < 1.29 is 4.79 Å². The maximum atomic E-state index is 13.3. The van der Waals surface area contributed by atoms with Crippen molar-refractivity contribution >= 4 is 23.4 Å². The summed E-state index contributed by atoms with van der Waals surface area (Å²) in [5, 5.41) is 0. The highest BCUT2D eigenvalue weighted by Gasteiger charge is 2.68. The molecule has 1 atom stereocenters. The Morgan fingerprint density at radius 3 is 2.03 bits per heavy atom. The number of anilines is 1. The van der Waals surface area contributed by atoms with Gasteiger partial charge in [0.2, 0.25) is 5.91 Å². The third-order valence-electron chi connectivity index (χ3n) is 6.62. The molecule has 3 heteroatoms. The smallest absolute Gasteiger partial charge is 0.228 e. The minimum Gasteiger partial charge on any atom is -0.296 e. The first kappa shape index (κ1) is 18.5. The minimum atomic E-state index is -0.286. The second kappa shape index (κ2) is 6.77. The average molecular weight is 400 g/mol. The lowest BCUT2D eigenvalue weighted by atomic mass is 9.67. The fourth-order valence-electron chi connectivity index (χ4n) is 5.14. The monoisotopic (exact) mass is 399 g/mol. The van der Waals surface area contributed by atoms with Gasteiger partial charge in [-0.3, -0.25) is 9.69 Å². The number of benzene rings is 3. The van der Waals surface area contributed by atoms with Crippen molar-refractivity contribution in [1.29, 1.82) is 0 Å². The van der Waals surface area contributed by atoms with Gasteiger partial charge in [0.1, 0.15) is 4.87 Å². The summed E-state index contributed by atoms with van der Waals surface area (Å²) < 4.78 is 0. The summed E-state index contributed by atoms with van der Waals surface area (Å²) in [5.41, 5.74) is 5.81. The molecule has 2 saturated heterocycles. The van der Waals surface area contributed by atoms with Gasteiger partial charge in [0.25, 0.3) is 0 Å². The van der Waals surface area contributed by atoms with Gasteiger partial charge in [0.05, 0.1) is 5.41 Å². The molecular formula is C26H25NOS. The molecule has 3 aromatic carbocycles. The number of rotatable bonds is 3. The van der Waals surface area contributed by atoms with E-state index in [1.165, 1.54) is 16.7 Å². The summed E-state index contributed by atoms with van der Waals surface area (Å²) in [6.45, 7) is 4.22. The molecule has 5 rings (SSSR count). The molecule has 0 saturated carbocycles. The quantitative estimate of drug-likeness (QED) is 0.550. The number of amides is 1. The lowest BCUT2D eigenvalue weighted by Crippen LogP contribution is -2.67. The van der Waals surface area contributed by atoms with Gasteiger partial charge in [-0.2, -0.15) is 0 Å². The fourth-order valence-corrected chi connectivity index (χ4v) is 7.06. The summed E-state index contributed by atoms with van der Waals surface area (Å²) >= 11 is 1.94. The Morgan fingerprint density at radius 1 is 0.862 bits per heavy atom. The van der Waals surface area contributed by atoms with Crippen molar-refractivity contribution in [1.82, 2.24) is 0 Å². The van der Waals surface area contributed by atoms with Crippen LogP contribution in [0.25, 0.3) is 0 Å². The van der Waals surface area contributed by atoms with E-state index in [0.717, 1.165) is 23.4 Å². The molecule has 0 bridgehead atoms. The van der Waals surface area contributed by atoms with Crippen LogP contribution in [0.5, 0.6) is 0 Å². The second-order valence-electron chi connectivity index (χ2n) is 8.23. The SMILES string of the molecule is Cc1ccc(C)c(N2C(=O)CC[C@]23SCC3(c2ccccc2)c2ccccc2)c1. The molecular weight excluding hydrogens is 374 g/mol. The van der Waals surface area contributed by atoms with Gasteiger partial charge in [-0.05, 0) is 48.6 Å². The number of hydrogen-bond donors (Lipinski definition) is 0. The first-order valence-corrected chi connectivity index (χ1v) is 11.2. The van der Waals surface area contributed by atoms with Gasteiger partial charge in [-0.15, -0.1) is 11.8 Å². The predicted octanol–water partition coefficient (Wildman–Crippen LogP) is 5.86. The van der Waals surface area contributed by atoms with Gasteiger partial charge >= 0.3 is 0 Å². The Kier molecular flexibility index (Phi) is 4.32. The summed E-state index contributed by atoms with van der Waals surface area (Å²) in [4.78, 5) is 15.2. The molecule has 0 aliphatic carbocycles. The van der Waals surface area contributed by atoms with Crippen molar-refractivity contribution in [2.45, 2.75) is 37.0 Å². The van der Waals surface area contributed by atoms with Crippen LogP contribution in [0.4, 0.5) is 5.69 Å². The van der Waals surface area contributed by atoms with E-state index in [2.05, 4.69) is 97.6 Å². The van der Waals surface area contributed by atoms with Crippen molar-refractivity contribution in [3.05, 3.63) is 101 Å². The lowest BCUT2D eigenvalue weighted by molar-refractivity contribution is -0.117. The molecule has 2 nitrogen and oxygen atoms in total. The second-order valence-corrected chi connectivity index (χ2v) is 9.48. The van der Waals surface area contributed by atoms with E-state index in [9.17, 15) is 4.79 Å². The zero-order valence-electron chi connectivity index (χ0n) is 16.9. The molecule has 2 aliphatic rings. The molecule has 146 valence electrons. The van der Waals surface area contributed by atoms with E-state index in [-0.39, 0.29) is 16.2 Å². The zero-order valence-corrected chi connectivity index (χ0v) is 17.7. The molecule has 1 spiro atoms. The van der Waals surface area contributed by atoms with Crippen molar-refractivity contribution in [3.63, 3.8) is 0 Å². The average Bonchev–Trinajstić information content (AvgIpc) is 3.10. The minimum absolute atomic E-state index is 0.206. The fraction of sp³-hybridized carbons (Fsp3) is 0.269. The van der Waals surface area contributed by atoms with Gasteiger partial charge < -0.3 is 0 Å². The third-order valence-corrected chi connectivity index (χ3v) is 8.41. The number of aryl methyl sites for hydroxylation is 2. The summed E-state index contributed by atoms with van der Waals surface area (Å²) in [6.07, 6.45) is 1.47. The molecule has 0 radical (unpaired) electrons. The number of carbonyl (C=O) groups excluding carboxylic acids is 1. The van der Waals surface area contributed by atoms with Crippen LogP contribution in [0.1, 0.15) is 35.1 Å². The molecule has 0 N–H and O–H groups in total. The van der Waals surface area contributed by atoms with Crippen molar-refractivity contribution in [2.24, 2.45) is 0 Å². The molecule has 2 aliphatic heterocycles. The Morgan fingerprint density at radius 2 is 1.48 bits per heavy atom. The summed E-state index contributed by atoms with van der Waals surface area (Å²) in [6, 6.07) is 28.0. The van der Waals surface area contributed by atoms with Crippen LogP contribution in [-0.4, -0.2) is 16.5 Å². The van der Waals surface area contributed by atoms with Crippen molar-refractivity contribution in [3.8, 4) is 0 Å². The topological polar surface area (TPSA) is 20.3 Å². The molecule has 2 fully saturated rings. The standard InChI is InChI=1S/C26H25NOS/c1-19-13-14-20(2)23(17-19)27-24(28)15-16-26(27)25(18-29-26,21-9-5-3-6-10-21)22-11-7-4-8-12-22/h3-14,17H,15-16,18H2,1-2H3/t26-/m1/s1. The number of thioether (sulfide) groups is 1. The molecule has 2 heterocycles. The highest BCUT2D eigenvalue weighted by Crippen LogP contribution is 2.66. The Balaban J connectivity index is 1.76. The van der Waals surface area contributed by atoms with Crippen LogP contribution in [0.15, 0.2) is 78.9 Å². The van der Waals surface area contributed by atoms with E-state index in [1.54, 1.807) is 0 Å². The van der Waals surface area contributed by atoms with E-state index in [4.69, 9.17) is 0 Å². The number of carbonyl (C=O) groups is 1. The van der Waals surface area contributed by atoms with Gasteiger partial charge in [-0.1, -0.05) is 72.8 Å². The number of nitrogens with zero attached hydrogens (tertiary/aromatic N) is 1. The van der Waals surface area contributed by atoms with E-state index in [1.807, 2.05) is 11.8 Å². The molecule has 1 amide bonds. The van der Waals surface area contributed by atoms with Gasteiger partial charge in [0, 0.05) is 17.9 Å². The summed E-state index contributed by atoms with van der Waals surface area (Å²) in [5.74, 6) is 1.22. The largest absolute Gasteiger partial charge is 0.296 e. The molecule has 0 unspecified atom stereocenters. The highest BCUT2D eigenvalue weighted by molar-refractivity contribution is 8.02. The van der Waals surface area contributed by atoms with E-state index >= 15 is 0 Å². The van der Waals surface area contributed by atoms with Crippen LogP contribution in [0.3, 0.4) is 0 Å². The predicted molar refractivity (Wildman–Crippen MR) is 121 cm³/mol. The molecule has 29 heavy (non-hydrogen) atoms. The lowest BCUT2D eigenvalue weighted by Gasteiger charge is -2.61. The Hall–Kier alpha value is -2.52. The molecule has 3 aromatic rings. The van der Waals surface area contributed by atoms with E-state index in [0.29, 0.717) is 6.42 Å². The zero-order chi connectivity index (χ0) is 20.1. The van der Waals surface area contributed by atoms with Crippen molar-refractivity contribution in [2.75, 3.05) is 10.7 Å². The van der Waals surface area contributed by atoms with Crippen LogP contribution in [0, 0.1) is 13.8 Å². The van der Waals surface area contributed by atoms with Crippen LogP contribution >= 0.6 is 11.8 Å². The Labute approximate surface area is 176 Å². The van der Waals surface area contributed by atoms with Crippen LogP contribution in [0.2, 0.25) is 0 Å². The first-order chi connectivity index (χ1) is 14.1. The third kappa shape index (κ3) is 2.53. The maximum Gasteiger partial charge on any atom is 0.228 e. The first-order valence-electron chi connectivity index (χ1n) is 10.2. The number of hydrogen-bond acceptors (Lipinski definition) is 2. The Bertz CT molecular complexity index is 1020.